The Morgan fingerprint density at radius 1 is 1.21 bits per heavy atom. The molecule has 2 rings (SSSR count). The van der Waals surface area contributed by atoms with Crippen molar-refractivity contribution in [1.29, 1.82) is 0 Å². The van der Waals surface area contributed by atoms with E-state index in [1.54, 1.807) is 44.7 Å². The van der Waals surface area contributed by atoms with Gasteiger partial charge in [0.1, 0.15) is 11.5 Å². The second kappa shape index (κ2) is 8.14. The van der Waals surface area contributed by atoms with E-state index in [0.717, 1.165) is 11.3 Å². The third-order valence-electron chi connectivity index (χ3n) is 3.41. The highest BCUT2D eigenvalue weighted by atomic mass is 16.5. The molecule has 0 unspecified atom stereocenters. The predicted octanol–water partition coefficient (Wildman–Crippen LogP) is 1.42. The lowest BCUT2D eigenvalue weighted by Gasteiger charge is -2.12. The highest BCUT2D eigenvalue weighted by Crippen LogP contribution is 2.24. The minimum atomic E-state index is -0.119. The van der Waals surface area contributed by atoms with Crippen LogP contribution in [0.15, 0.2) is 30.5 Å². The monoisotopic (exact) mass is 330 g/mol. The van der Waals surface area contributed by atoms with Crippen LogP contribution in [-0.4, -0.2) is 44.2 Å². The van der Waals surface area contributed by atoms with Crippen molar-refractivity contribution in [3.05, 3.63) is 41.7 Å². The molecule has 0 bridgehead atoms. The van der Waals surface area contributed by atoms with E-state index in [-0.39, 0.29) is 12.3 Å². The van der Waals surface area contributed by atoms with Crippen LogP contribution in [-0.2, 0) is 17.8 Å². The summed E-state index contributed by atoms with van der Waals surface area (Å²) >= 11 is 0. The van der Waals surface area contributed by atoms with Gasteiger partial charge in [0.15, 0.2) is 0 Å². The number of ether oxygens (including phenoxy) is 2. The highest BCUT2D eigenvalue weighted by Gasteiger charge is 2.11. The number of anilines is 1. The van der Waals surface area contributed by atoms with E-state index in [9.17, 15) is 4.79 Å². The number of hydrogen-bond donors (Lipinski definition) is 1. The van der Waals surface area contributed by atoms with E-state index in [1.165, 1.54) is 0 Å². The van der Waals surface area contributed by atoms with E-state index in [1.807, 2.05) is 19.0 Å². The molecule has 7 nitrogen and oxygen atoms in total. The van der Waals surface area contributed by atoms with Crippen molar-refractivity contribution >= 4 is 11.9 Å². The van der Waals surface area contributed by atoms with Gasteiger partial charge < -0.3 is 19.7 Å². The summed E-state index contributed by atoms with van der Waals surface area (Å²) in [6, 6.07) is 7.16. The molecule has 0 spiro atoms. The maximum absolute atomic E-state index is 12.2. The van der Waals surface area contributed by atoms with Gasteiger partial charge in [-0.3, -0.25) is 4.79 Å². The Morgan fingerprint density at radius 2 is 2.00 bits per heavy atom. The van der Waals surface area contributed by atoms with Gasteiger partial charge in [0, 0.05) is 25.9 Å². The van der Waals surface area contributed by atoms with Crippen LogP contribution in [0.25, 0.3) is 0 Å². The van der Waals surface area contributed by atoms with Gasteiger partial charge in [-0.15, -0.1) is 0 Å². The molecule has 0 radical (unpaired) electrons. The lowest BCUT2D eigenvalue weighted by Crippen LogP contribution is -2.25. The van der Waals surface area contributed by atoms with Crippen molar-refractivity contribution in [3.8, 4) is 11.5 Å². The number of methoxy groups -OCH3 is 2. The van der Waals surface area contributed by atoms with Crippen LogP contribution in [0, 0.1) is 0 Å². The Kier molecular flexibility index (Phi) is 5.95. The first kappa shape index (κ1) is 17.5. The molecule has 1 aromatic heterocycles. The minimum Gasteiger partial charge on any atom is -0.497 e. The Labute approximate surface area is 141 Å². The van der Waals surface area contributed by atoms with Crippen LogP contribution in [0.2, 0.25) is 0 Å². The fraction of sp³-hybridized carbons (Fsp3) is 0.353. The van der Waals surface area contributed by atoms with Gasteiger partial charge in [-0.25, -0.2) is 9.97 Å². The molecule has 1 amide bonds. The fourth-order valence-corrected chi connectivity index (χ4v) is 2.14. The van der Waals surface area contributed by atoms with Crippen LogP contribution >= 0.6 is 0 Å². The minimum absolute atomic E-state index is 0.119. The summed E-state index contributed by atoms with van der Waals surface area (Å²) < 4.78 is 10.5. The van der Waals surface area contributed by atoms with E-state index in [4.69, 9.17) is 9.47 Å². The lowest BCUT2D eigenvalue weighted by molar-refractivity contribution is -0.120. The average Bonchev–Trinajstić information content (AvgIpc) is 2.60. The van der Waals surface area contributed by atoms with E-state index in [0.29, 0.717) is 24.0 Å². The fourth-order valence-electron chi connectivity index (χ4n) is 2.14. The second-order valence-corrected chi connectivity index (χ2v) is 5.37. The number of benzene rings is 1. The SMILES string of the molecule is COc1ccc(OC)c(CC(=O)NCc2ccnc(N(C)C)n2)c1. The third-order valence-corrected chi connectivity index (χ3v) is 3.41. The highest BCUT2D eigenvalue weighted by molar-refractivity contribution is 5.79. The standard InChI is InChI=1S/C17H22N4O3/c1-21(2)17-18-8-7-13(20-17)11-19-16(22)10-12-9-14(23-3)5-6-15(12)24-4/h5-9H,10-11H2,1-4H3,(H,19,22). The molecule has 0 saturated carbocycles. The molecule has 2 aromatic rings. The maximum Gasteiger partial charge on any atom is 0.225 e. The molecule has 0 aliphatic heterocycles. The molecule has 0 aliphatic rings. The predicted molar refractivity (Wildman–Crippen MR) is 91.5 cm³/mol. The molecule has 1 heterocycles. The molecule has 1 aromatic carbocycles. The third kappa shape index (κ3) is 4.58. The first-order chi connectivity index (χ1) is 11.5. The number of carbonyl (C=O) groups excluding carboxylic acids is 1. The zero-order valence-corrected chi connectivity index (χ0v) is 14.4. The number of rotatable bonds is 7. The van der Waals surface area contributed by atoms with Gasteiger partial charge in [0.05, 0.1) is 32.9 Å². The van der Waals surface area contributed by atoms with Gasteiger partial charge in [0.2, 0.25) is 11.9 Å². The molecule has 0 atom stereocenters. The Bertz CT molecular complexity index is 704. The van der Waals surface area contributed by atoms with E-state index < -0.39 is 0 Å². The summed E-state index contributed by atoms with van der Waals surface area (Å²) in [4.78, 5) is 22.5. The molecule has 24 heavy (non-hydrogen) atoms. The molecule has 0 aliphatic carbocycles. The van der Waals surface area contributed by atoms with Crippen LogP contribution in [0.4, 0.5) is 5.95 Å². The lowest BCUT2D eigenvalue weighted by atomic mass is 10.1. The van der Waals surface area contributed by atoms with Gasteiger partial charge in [0.25, 0.3) is 0 Å². The number of amides is 1. The first-order valence-electron chi connectivity index (χ1n) is 7.50. The average molecular weight is 330 g/mol. The first-order valence-corrected chi connectivity index (χ1v) is 7.50. The number of nitrogens with zero attached hydrogens (tertiary/aromatic N) is 3. The maximum atomic E-state index is 12.2. The van der Waals surface area contributed by atoms with Crippen LogP contribution in [0.5, 0.6) is 11.5 Å². The molecular weight excluding hydrogens is 308 g/mol. The van der Waals surface area contributed by atoms with Gasteiger partial charge in [-0.1, -0.05) is 0 Å². The molecule has 0 saturated heterocycles. The van der Waals surface area contributed by atoms with Gasteiger partial charge >= 0.3 is 0 Å². The van der Waals surface area contributed by atoms with Crippen molar-refractivity contribution < 1.29 is 14.3 Å². The van der Waals surface area contributed by atoms with Gasteiger partial charge in [-0.2, -0.15) is 0 Å². The second-order valence-electron chi connectivity index (χ2n) is 5.37. The summed E-state index contributed by atoms with van der Waals surface area (Å²) in [7, 11) is 6.90. The molecule has 0 fully saturated rings. The molecular formula is C17H22N4O3. The van der Waals surface area contributed by atoms with Crippen molar-refractivity contribution in [2.24, 2.45) is 0 Å². The molecule has 1 N–H and O–H groups in total. The van der Waals surface area contributed by atoms with Crippen LogP contribution < -0.4 is 19.7 Å². The summed E-state index contributed by atoms with van der Waals surface area (Å²) in [5.74, 6) is 1.83. The Balaban J connectivity index is 2.00. The van der Waals surface area contributed by atoms with Crippen LogP contribution in [0.3, 0.4) is 0 Å². The van der Waals surface area contributed by atoms with Crippen LogP contribution in [0.1, 0.15) is 11.3 Å². The Hall–Kier alpha value is -2.83. The zero-order valence-electron chi connectivity index (χ0n) is 14.4. The number of hydrogen-bond acceptors (Lipinski definition) is 6. The van der Waals surface area contributed by atoms with Crippen molar-refractivity contribution in [3.63, 3.8) is 0 Å². The summed E-state index contributed by atoms with van der Waals surface area (Å²) in [5, 5.41) is 2.86. The van der Waals surface area contributed by atoms with Crippen molar-refractivity contribution in [2.45, 2.75) is 13.0 Å². The largest absolute Gasteiger partial charge is 0.497 e. The topological polar surface area (TPSA) is 76.6 Å². The summed E-state index contributed by atoms with van der Waals surface area (Å²) in [5.41, 5.74) is 1.52. The number of aromatic nitrogens is 2. The number of carbonyl (C=O) groups is 1. The zero-order chi connectivity index (χ0) is 17.5. The van der Waals surface area contributed by atoms with Crippen molar-refractivity contribution in [2.75, 3.05) is 33.2 Å². The molecule has 7 heteroatoms. The smallest absolute Gasteiger partial charge is 0.225 e. The molecule has 128 valence electrons. The Morgan fingerprint density at radius 3 is 2.67 bits per heavy atom. The summed E-state index contributed by atoms with van der Waals surface area (Å²) in [6.07, 6.45) is 1.88. The quantitative estimate of drug-likeness (QED) is 0.827. The summed E-state index contributed by atoms with van der Waals surface area (Å²) in [6.45, 7) is 0.342. The van der Waals surface area contributed by atoms with E-state index in [2.05, 4.69) is 15.3 Å². The van der Waals surface area contributed by atoms with Gasteiger partial charge in [-0.05, 0) is 24.3 Å². The number of nitrogens with one attached hydrogen (secondary N) is 1. The van der Waals surface area contributed by atoms with Crippen molar-refractivity contribution in [1.82, 2.24) is 15.3 Å². The normalized spacial score (nSPS) is 10.2. The van der Waals surface area contributed by atoms with E-state index >= 15 is 0 Å².